The molecule has 1 aliphatic carbocycles. The van der Waals surface area contributed by atoms with Crippen LogP contribution in [0.2, 0.25) is 0 Å². The van der Waals surface area contributed by atoms with Gasteiger partial charge in [-0.05, 0) is 30.9 Å². The van der Waals surface area contributed by atoms with Crippen molar-refractivity contribution in [3.8, 4) is 0 Å². The van der Waals surface area contributed by atoms with Gasteiger partial charge in [0.05, 0.1) is 5.70 Å². The number of rotatable bonds is 2. The number of carbonyl (C=O) groups is 1. The number of nitrogens with one attached hydrogen (secondary N) is 1. The van der Waals surface area contributed by atoms with E-state index in [1.165, 1.54) is 23.6 Å². The Hall–Kier alpha value is -2.05. The summed E-state index contributed by atoms with van der Waals surface area (Å²) in [5.74, 6) is -0.0931. The second kappa shape index (κ2) is 5.07. The van der Waals surface area contributed by atoms with Crippen molar-refractivity contribution < 1.29 is 4.79 Å². The first kappa shape index (κ1) is 12.4. The molecule has 1 N–H and O–H groups in total. The van der Waals surface area contributed by atoms with E-state index in [1.54, 1.807) is 0 Å². The molecule has 0 saturated heterocycles. The minimum Gasteiger partial charge on any atom is -0.319 e. The Morgan fingerprint density at radius 2 is 2.06 bits per heavy atom. The molecule has 0 unspecified atom stereocenters. The normalized spacial score (nSPS) is 13.7. The zero-order valence-electron chi connectivity index (χ0n) is 10.8. The number of amides is 1. The number of allylic oxidation sites excluding steroid dienone is 2. The summed E-state index contributed by atoms with van der Waals surface area (Å²) in [6, 6.07) is 8.29. The lowest BCUT2D eigenvalue weighted by atomic mass is 9.85. The Morgan fingerprint density at radius 3 is 2.72 bits per heavy atom. The molecule has 0 aliphatic heterocycles. The lowest BCUT2D eigenvalue weighted by Crippen LogP contribution is -2.21. The molecule has 1 amide bonds. The molecule has 18 heavy (non-hydrogen) atoms. The van der Waals surface area contributed by atoms with Crippen molar-refractivity contribution in [1.82, 2.24) is 5.32 Å². The monoisotopic (exact) mass is 239 g/mol. The fourth-order valence-corrected chi connectivity index (χ4v) is 2.38. The van der Waals surface area contributed by atoms with Crippen LogP contribution in [0.15, 0.2) is 47.8 Å². The standard InChI is InChI=1S/C16H17NO/c1-4-15(17-12(3)18)16-11(2)9-10-13-7-5-6-8-14(13)16/h5-8H,1,9-10H2,2-3H3,(H,17,18). The van der Waals surface area contributed by atoms with Gasteiger partial charge >= 0.3 is 0 Å². The molecule has 2 heteroatoms. The van der Waals surface area contributed by atoms with E-state index in [2.05, 4.69) is 36.7 Å². The van der Waals surface area contributed by atoms with Gasteiger partial charge in [-0.3, -0.25) is 4.79 Å². The second-order valence-corrected chi connectivity index (χ2v) is 4.55. The molecule has 0 bridgehead atoms. The van der Waals surface area contributed by atoms with E-state index in [1.807, 2.05) is 12.1 Å². The summed E-state index contributed by atoms with van der Waals surface area (Å²) < 4.78 is 0. The topological polar surface area (TPSA) is 29.1 Å². The van der Waals surface area contributed by atoms with Gasteiger partial charge in [-0.1, -0.05) is 36.4 Å². The molecule has 1 aliphatic rings. The average Bonchev–Trinajstić information content (AvgIpc) is 2.36. The number of aryl methyl sites for hydroxylation is 1. The van der Waals surface area contributed by atoms with Crippen molar-refractivity contribution in [2.24, 2.45) is 0 Å². The smallest absolute Gasteiger partial charge is 0.221 e. The van der Waals surface area contributed by atoms with E-state index in [9.17, 15) is 4.79 Å². The van der Waals surface area contributed by atoms with Crippen LogP contribution < -0.4 is 5.32 Å². The highest BCUT2D eigenvalue weighted by Gasteiger charge is 2.19. The molecule has 92 valence electrons. The van der Waals surface area contributed by atoms with Crippen LogP contribution in [0.4, 0.5) is 0 Å². The number of hydrogen-bond donors (Lipinski definition) is 1. The third kappa shape index (κ3) is 2.29. The zero-order chi connectivity index (χ0) is 13.1. The molecule has 0 spiro atoms. The Bertz CT molecular complexity index is 575. The lowest BCUT2D eigenvalue weighted by Gasteiger charge is -2.22. The van der Waals surface area contributed by atoms with Gasteiger partial charge in [0.2, 0.25) is 5.91 Å². The predicted octanol–water partition coefficient (Wildman–Crippen LogP) is 3.21. The van der Waals surface area contributed by atoms with Crippen LogP contribution in [-0.4, -0.2) is 5.91 Å². The molecule has 1 aromatic carbocycles. The van der Waals surface area contributed by atoms with Crippen LogP contribution in [-0.2, 0) is 11.2 Å². The Balaban J connectivity index is 2.54. The molecule has 0 heterocycles. The van der Waals surface area contributed by atoms with E-state index in [4.69, 9.17) is 0 Å². The van der Waals surface area contributed by atoms with Gasteiger partial charge in [-0.25, -0.2) is 0 Å². The highest BCUT2D eigenvalue weighted by molar-refractivity contribution is 5.88. The Kier molecular flexibility index (Phi) is 3.50. The maximum Gasteiger partial charge on any atom is 0.221 e. The van der Waals surface area contributed by atoms with Crippen LogP contribution in [0.3, 0.4) is 0 Å². The second-order valence-electron chi connectivity index (χ2n) is 4.55. The Morgan fingerprint density at radius 1 is 1.33 bits per heavy atom. The van der Waals surface area contributed by atoms with Crippen LogP contribution in [0.25, 0.3) is 5.57 Å². The minimum atomic E-state index is -0.0931. The van der Waals surface area contributed by atoms with Gasteiger partial charge in [0.25, 0.3) is 0 Å². The average molecular weight is 239 g/mol. The van der Waals surface area contributed by atoms with E-state index < -0.39 is 0 Å². The molecule has 2 nitrogen and oxygen atoms in total. The van der Waals surface area contributed by atoms with E-state index in [0.29, 0.717) is 5.70 Å². The molecule has 0 atom stereocenters. The van der Waals surface area contributed by atoms with Crippen LogP contribution in [0.1, 0.15) is 31.4 Å². The van der Waals surface area contributed by atoms with Crippen LogP contribution in [0, 0.1) is 0 Å². The molecule has 0 aromatic heterocycles. The fraction of sp³-hybridized carbons (Fsp3) is 0.250. The molecule has 0 radical (unpaired) electrons. The van der Waals surface area contributed by atoms with Gasteiger partial charge in [-0.2, -0.15) is 0 Å². The van der Waals surface area contributed by atoms with E-state index >= 15 is 0 Å². The van der Waals surface area contributed by atoms with Crippen molar-refractivity contribution in [3.63, 3.8) is 0 Å². The van der Waals surface area contributed by atoms with Crippen molar-refractivity contribution in [1.29, 1.82) is 0 Å². The summed E-state index contributed by atoms with van der Waals surface area (Å²) in [6.45, 7) is 7.29. The molecule has 1 aromatic rings. The van der Waals surface area contributed by atoms with Gasteiger partial charge in [0, 0.05) is 12.5 Å². The van der Waals surface area contributed by atoms with Gasteiger partial charge < -0.3 is 5.32 Å². The number of carbonyl (C=O) groups excluding carboxylic acids is 1. The SMILES string of the molecule is C=C=C(NC(C)=O)C1=C(C)CCc2ccccc21. The minimum absolute atomic E-state index is 0.0931. The quantitative estimate of drug-likeness (QED) is 0.789. The highest BCUT2D eigenvalue weighted by Crippen LogP contribution is 2.34. The summed E-state index contributed by atoms with van der Waals surface area (Å²) in [4.78, 5) is 11.3. The largest absolute Gasteiger partial charge is 0.319 e. The first-order valence-electron chi connectivity index (χ1n) is 6.09. The maximum absolute atomic E-state index is 11.3. The predicted molar refractivity (Wildman–Crippen MR) is 73.8 cm³/mol. The van der Waals surface area contributed by atoms with Gasteiger partial charge in [-0.15, -0.1) is 5.73 Å². The van der Waals surface area contributed by atoms with Crippen molar-refractivity contribution in [2.45, 2.75) is 26.7 Å². The summed E-state index contributed by atoms with van der Waals surface area (Å²) in [7, 11) is 0. The van der Waals surface area contributed by atoms with Crippen LogP contribution in [0.5, 0.6) is 0 Å². The van der Waals surface area contributed by atoms with Crippen molar-refractivity contribution in [3.05, 3.63) is 59.0 Å². The molecular weight excluding hydrogens is 222 g/mol. The lowest BCUT2D eigenvalue weighted by molar-refractivity contribution is -0.118. The summed E-state index contributed by atoms with van der Waals surface area (Å²) in [5.41, 5.74) is 8.38. The number of hydrogen-bond acceptors (Lipinski definition) is 1. The number of fused-ring (bicyclic) bond motifs is 1. The van der Waals surface area contributed by atoms with E-state index in [-0.39, 0.29) is 5.91 Å². The first-order chi connectivity index (χ1) is 8.63. The highest BCUT2D eigenvalue weighted by atomic mass is 16.1. The zero-order valence-corrected chi connectivity index (χ0v) is 10.8. The molecule has 0 saturated carbocycles. The summed E-state index contributed by atoms with van der Waals surface area (Å²) in [6.07, 6.45) is 2.06. The number of benzene rings is 1. The molecular formula is C16H17NO. The Labute approximate surface area is 108 Å². The van der Waals surface area contributed by atoms with E-state index in [0.717, 1.165) is 18.4 Å². The van der Waals surface area contributed by atoms with Crippen molar-refractivity contribution >= 4 is 11.5 Å². The van der Waals surface area contributed by atoms with Gasteiger partial charge in [0.15, 0.2) is 0 Å². The first-order valence-corrected chi connectivity index (χ1v) is 6.09. The summed E-state index contributed by atoms with van der Waals surface area (Å²) >= 11 is 0. The summed E-state index contributed by atoms with van der Waals surface area (Å²) in [5, 5.41) is 2.82. The fourth-order valence-electron chi connectivity index (χ4n) is 2.38. The molecule has 2 rings (SSSR count). The molecule has 0 fully saturated rings. The van der Waals surface area contributed by atoms with Gasteiger partial charge in [0.1, 0.15) is 0 Å². The van der Waals surface area contributed by atoms with Crippen molar-refractivity contribution in [2.75, 3.05) is 0 Å². The maximum atomic E-state index is 11.3. The third-order valence-corrected chi connectivity index (χ3v) is 3.21. The third-order valence-electron chi connectivity index (χ3n) is 3.21. The van der Waals surface area contributed by atoms with Crippen LogP contribution >= 0.6 is 0 Å².